The molecule has 1 aromatic heterocycles. The number of nitrogens with two attached hydrogens (primary N) is 1. The number of halogens is 2. The maximum absolute atomic E-state index is 14.3. The van der Waals surface area contributed by atoms with Crippen molar-refractivity contribution in [3.63, 3.8) is 0 Å². The number of hydrazine groups is 1. The maximum atomic E-state index is 14.3. The average molecular weight is 346 g/mol. The predicted molar refractivity (Wildman–Crippen MR) is 85.0 cm³/mol. The van der Waals surface area contributed by atoms with Crippen molar-refractivity contribution in [1.29, 1.82) is 0 Å². The Labute approximate surface area is 130 Å². The Kier molecular flexibility index (Phi) is 3.96. The van der Waals surface area contributed by atoms with Crippen LogP contribution < -0.4 is 11.3 Å². The minimum Gasteiger partial charge on any atom is -0.271 e. The van der Waals surface area contributed by atoms with E-state index in [1.165, 1.54) is 0 Å². The van der Waals surface area contributed by atoms with Gasteiger partial charge in [0, 0.05) is 17.1 Å². The van der Waals surface area contributed by atoms with Gasteiger partial charge in [-0.3, -0.25) is 10.8 Å². The number of para-hydroxylation sites is 1. The molecule has 0 amide bonds. The Balaban J connectivity index is 2.11. The molecule has 5 heteroatoms. The molecule has 3 nitrogen and oxygen atoms in total. The Morgan fingerprint density at radius 3 is 2.76 bits per heavy atom. The van der Waals surface area contributed by atoms with Crippen molar-refractivity contribution in [2.24, 2.45) is 5.84 Å². The van der Waals surface area contributed by atoms with E-state index in [1.54, 1.807) is 24.4 Å². The van der Waals surface area contributed by atoms with Crippen LogP contribution in [-0.4, -0.2) is 4.98 Å². The molecule has 1 atom stereocenters. The van der Waals surface area contributed by atoms with E-state index in [0.29, 0.717) is 10.0 Å². The number of rotatable bonds is 3. The summed E-state index contributed by atoms with van der Waals surface area (Å²) >= 11 is 3.20. The first-order valence-corrected chi connectivity index (χ1v) is 7.24. The Hall–Kier alpha value is -1.82. The summed E-state index contributed by atoms with van der Waals surface area (Å²) in [7, 11) is 0. The van der Waals surface area contributed by atoms with Crippen LogP contribution >= 0.6 is 15.9 Å². The number of hydrogen-bond acceptors (Lipinski definition) is 3. The molecule has 1 heterocycles. The summed E-state index contributed by atoms with van der Waals surface area (Å²) in [6, 6.07) is 14.4. The zero-order valence-corrected chi connectivity index (χ0v) is 12.6. The van der Waals surface area contributed by atoms with Crippen LogP contribution in [0.3, 0.4) is 0 Å². The van der Waals surface area contributed by atoms with Crippen molar-refractivity contribution in [2.45, 2.75) is 6.04 Å². The fourth-order valence-corrected chi connectivity index (χ4v) is 2.74. The molecule has 106 valence electrons. The molecule has 0 radical (unpaired) electrons. The molecule has 0 saturated heterocycles. The van der Waals surface area contributed by atoms with E-state index >= 15 is 0 Å². The van der Waals surface area contributed by atoms with Crippen molar-refractivity contribution < 1.29 is 4.39 Å². The van der Waals surface area contributed by atoms with Crippen LogP contribution in [0.4, 0.5) is 4.39 Å². The van der Waals surface area contributed by atoms with Crippen LogP contribution in [0.2, 0.25) is 0 Å². The topological polar surface area (TPSA) is 50.9 Å². The molecule has 2 aromatic carbocycles. The van der Waals surface area contributed by atoms with Gasteiger partial charge in [0.15, 0.2) is 0 Å². The molecular formula is C16H13BrFN3. The quantitative estimate of drug-likeness (QED) is 0.562. The molecule has 0 fully saturated rings. The molecule has 0 aliphatic heterocycles. The van der Waals surface area contributed by atoms with Gasteiger partial charge in [-0.15, -0.1) is 0 Å². The summed E-state index contributed by atoms with van der Waals surface area (Å²) in [4.78, 5) is 4.40. The van der Waals surface area contributed by atoms with Crippen LogP contribution in [0.15, 0.2) is 59.2 Å². The highest BCUT2D eigenvalue weighted by molar-refractivity contribution is 9.10. The van der Waals surface area contributed by atoms with Crippen molar-refractivity contribution in [1.82, 2.24) is 10.4 Å². The number of fused-ring (bicyclic) bond motifs is 1. The molecule has 0 spiro atoms. The summed E-state index contributed by atoms with van der Waals surface area (Å²) in [5, 5.41) is 0.991. The third-order valence-corrected chi connectivity index (χ3v) is 4.02. The number of hydrogen-bond donors (Lipinski definition) is 2. The van der Waals surface area contributed by atoms with E-state index < -0.39 is 6.04 Å². The number of nitrogens with one attached hydrogen (secondary N) is 1. The maximum Gasteiger partial charge on any atom is 0.142 e. The molecule has 3 aromatic rings. The fraction of sp³-hybridized carbons (Fsp3) is 0.0625. The monoisotopic (exact) mass is 345 g/mol. The van der Waals surface area contributed by atoms with Gasteiger partial charge in [-0.25, -0.2) is 9.82 Å². The normalized spacial score (nSPS) is 12.5. The molecule has 3 rings (SSSR count). The van der Waals surface area contributed by atoms with E-state index in [0.717, 1.165) is 16.5 Å². The first-order chi connectivity index (χ1) is 10.2. The zero-order valence-electron chi connectivity index (χ0n) is 11.1. The van der Waals surface area contributed by atoms with Crippen LogP contribution in [0.25, 0.3) is 10.9 Å². The summed E-state index contributed by atoms with van der Waals surface area (Å²) in [5.41, 5.74) is 4.85. The van der Waals surface area contributed by atoms with Crippen LogP contribution in [-0.2, 0) is 0 Å². The Morgan fingerprint density at radius 2 is 1.95 bits per heavy atom. The smallest absolute Gasteiger partial charge is 0.142 e. The molecule has 0 aliphatic carbocycles. The summed E-state index contributed by atoms with van der Waals surface area (Å²) in [5.74, 6) is 5.31. The second kappa shape index (κ2) is 5.89. The lowest BCUT2D eigenvalue weighted by molar-refractivity contribution is 0.555. The summed E-state index contributed by atoms with van der Waals surface area (Å²) < 4.78 is 14.7. The molecule has 21 heavy (non-hydrogen) atoms. The lowest BCUT2D eigenvalue weighted by Gasteiger charge is -2.18. The van der Waals surface area contributed by atoms with Crippen molar-refractivity contribution in [2.75, 3.05) is 0 Å². The van der Waals surface area contributed by atoms with Gasteiger partial charge in [0.25, 0.3) is 0 Å². The predicted octanol–water partition coefficient (Wildman–Crippen LogP) is 3.69. The first-order valence-electron chi connectivity index (χ1n) is 6.45. The van der Waals surface area contributed by atoms with E-state index in [2.05, 4.69) is 26.3 Å². The number of pyridine rings is 1. The highest BCUT2D eigenvalue weighted by atomic mass is 79.9. The fourth-order valence-electron chi connectivity index (χ4n) is 2.35. The molecule has 0 saturated carbocycles. The van der Waals surface area contributed by atoms with Crippen LogP contribution in [0.1, 0.15) is 17.2 Å². The highest BCUT2D eigenvalue weighted by Gasteiger charge is 2.18. The minimum atomic E-state index is -0.459. The summed E-state index contributed by atoms with van der Waals surface area (Å²) in [6.45, 7) is 0. The zero-order chi connectivity index (χ0) is 14.8. The number of benzene rings is 2. The number of nitrogens with zero attached hydrogens (tertiary/aromatic N) is 1. The number of aromatic nitrogens is 1. The van der Waals surface area contributed by atoms with Gasteiger partial charge in [0.05, 0.1) is 16.0 Å². The van der Waals surface area contributed by atoms with E-state index in [4.69, 9.17) is 5.84 Å². The van der Waals surface area contributed by atoms with Gasteiger partial charge in [0.2, 0.25) is 0 Å². The van der Waals surface area contributed by atoms with Gasteiger partial charge in [-0.1, -0.05) is 30.3 Å². The summed E-state index contributed by atoms with van der Waals surface area (Å²) in [6.07, 6.45) is 1.72. The van der Waals surface area contributed by atoms with Gasteiger partial charge in [0.1, 0.15) is 5.82 Å². The molecule has 3 N–H and O–H groups in total. The van der Waals surface area contributed by atoms with Gasteiger partial charge in [-0.05, 0) is 39.7 Å². The van der Waals surface area contributed by atoms with Gasteiger partial charge < -0.3 is 0 Å². The second-order valence-electron chi connectivity index (χ2n) is 4.70. The third-order valence-electron chi connectivity index (χ3n) is 3.40. The molecule has 1 unspecified atom stereocenters. The van der Waals surface area contributed by atoms with Gasteiger partial charge in [-0.2, -0.15) is 0 Å². The van der Waals surface area contributed by atoms with E-state index in [1.807, 2.05) is 30.3 Å². The van der Waals surface area contributed by atoms with Crippen molar-refractivity contribution >= 4 is 26.8 Å². The van der Waals surface area contributed by atoms with Crippen LogP contribution in [0, 0.1) is 5.82 Å². The minimum absolute atomic E-state index is 0.325. The molecular weight excluding hydrogens is 333 g/mol. The Morgan fingerprint density at radius 1 is 1.14 bits per heavy atom. The largest absolute Gasteiger partial charge is 0.271 e. The highest BCUT2D eigenvalue weighted by Crippen LogP contribution is 2.28. The van der Waals surface area contributed by atoms with E-state index in [-0.39, 0.29) is 5.82 Å². The lowest BCUT2D eigenvalue weighted by atomic mass is 9.99. The second-order valence-corrected chi connectivity index (χ2v) is 5.56. The van der Waals surface area contributed by atoms with Crippen molar-refractivity contribution in [3.05, 3.63) is 76.1 Å². The standard InChI is InChI=1S/C16H13BrFN3/c17-13-6-3-5-12(15(13)18)16(21-19)11-8-10-4-1-2-7-14(10)20-9-11/h1-9,16,21H,19H2. The first kappa shape index (κ1) is 14.1. The molecule has 0 aliphatic rings. The van der Waals surface area contributed by atoms with Crippen LogP contribution in [0.5, 0.6) is 0 Å². The van der Waals surface area contributed by atoms with Gasteiger partial charge >= 0.3 is 0 Å². The SMILES string of the molecule is NNC(c1cnc2ccccc2c1)c1cccc(Br)c1F. The lowest BCUT2D eigenvalue weighted by Crippen LogP contribution is -2.29. The average Bonchev–Trinajstić information content (AvgIpc) is 2.52. The van der Waals surface area contributed by atoms with E-state index in [9.17, 15) is 4.39 Å². The molecule has 0 bridgehead atoms. The van der Waals surface area contributed by atoms with Crippen molar-refractivity contribution in [3.8, 4) is 0 Å². The Bertz CT molecular complexity index is 791. The third kappa shape index (κ3) is 2.68.